The van der Waals surface area contributed by atoms with Crippen molar-refractivity contribution in [3.63, 3.8) is 0 Å². The second-order valence-electron chi connectivity index (χ2n) is 5.46. The van der Waals surface area contributed by atoms with Gasteiger partial charge in [-0.15, -0.1) is 11.6 Å². The fraction of sp³-hybridized carbons (Fsp3) is 0.571. The second kappa shape index (κ2) is 4.64. The molecule has 92 valence electrons. The summed E-state index contributed by atoms with van der Waals surface area (Å²) in [5.41, 5.74) is 1.19. The molecule has 0 spiro atoms. The van der Waals surface area contributed by atoms with Crippen LogP contribution >= 0.6 is 34.8 Å². The molecule has 0 N–H and O–H groups in total. The maximum Gasteiger partial charge on any atom is 0.0595 e. The molecule has 2 saturated carbocycles. The highest BCUT2D eigenvalue weighted by Gasteiger charge is 2.47. The van der Waals surface area contributed by atoms with Crippen LogP contribution in [-0.4, -0.2) is 5.38 Å². The Labute approximate surface area is 117 Å². The van der Waals surface area contributed by atoms with Gasteiger partial charge in [-0.25, -0.2) is 0 Å². The van der Waals surface area contributed by atoms with Crippen molar-refractivity contribution in [2.75, 3.05) is 0 Å². The van der Waals surface area contributed by atoms with Crippen molar-refractivity contribution in [2.45, 2.75) is 31.1 Å². The Balaban J connectivity index is 1.63. The minimum absolute atomic E-state index is 0.250. The quantitative estimate of drug-likeness (QED) is 0.672. The topological polar surface area (TPSA) is 0 Å². The van der Waals surface area contributed by atoms with Gasteiger partial charge in [-0.05, 0) is 61.1 Å². The van der Waals surface area contributed by atoms with Crippen LogP contribution in [-0.2, 0) is 6.42 Å². The molecule has 0 radical (unpaired) electrons. The predicted octanol–water partition coefficient (Wildman–Crippen LogP) is 5.19. The molecule has 0 nitrogen and oxygen atoms in total. The highest BCUT2D eigenvalue weighted by molar-refractivity contribution is 6.42. The van der Waals surface area contributed by atoms with Crippen molar-refractivity contribution in [1.82, 2.24) is 0 Å². The fourth-order valence-electron chi connectivity index (χ4n) is 3.12. The lowest BCUT2D eigenvalue weighted by molar-refractivity contribution is 0.460. The van der Waals surface area contributed by atoms with Crippen LogP contribution in [0.1, 0.15) is 24.8 Å². The molecule has 17 heavy (non-hydrogen) atoms. The molecule has 0 heterocycles. The molecule has 1 aromatic carbocycles. The first-order valence-electron chi connectivity index (χ1n) is 6.21. The molecular weight excluding hydrogens is 275 g/mol. The molecule has 0 aromatic heterocycles. The average Bonchev–Trinajstić information content (AvgIpc) is 2.91. The average molecular weight is 290 g/mol. The Bertz CT molecular complexity index is 419. The molecule has 1 aromatic rings. The van der Waals surface area contributed by atoms with Crippen LogP contribution in [0.25, 0.3) is 0 Å². The summed E-state index contributed by atoms with van der Waals surface area (Å²) >= 11 is 18.4. The Kier molecular flexibility index (Phi) is 3.32. The predicted molar refractivity (Wildman–Crippen MR) is 74.1 cm³/mol. The smallest absolute Gasteiger partial charge is 0.0595 e. The summed E-state index contributed by atoms with van der Waals surface area (Å²) < 4.78 is 0. The molecular formula is C14H15Cl3. The lowest BCUT2D eigenvalue weighted by Crippen LogP contribution is -2.16. The first-order chi connectivity index (χ1) is 8.13. The van der Waals surface area contributed by atoms with Gasteiger partial charge in [0.1, 0.15) is 0 Å². The van der Waals surface area contributed by atoms with Crippen LogP contribution in [0, 0.1) is 17.8 Å². The van der Waals surface area contributed by atoms with E-state index < -0.39 is 0 Å². The third-order valence-corrected chi connectivity index (χ3v) is 5.46. The number of fused-ring (bicyclic) bond motifs is 1. The van der Waals surface area contributed by atoms with E-state index in [2.05, 4.69) is 0 Å². The molecule has 2 fully saturated rings. The molecule has 0 aliphatic heterocycles. The SMILES string of the molecule is Clc1ccc(CC(Cl)C2CC3CC3C2)cc1Cl. The Morgan fingerprint density at radius 2 is 1.76 bits per heavy atom. The Morgan fingerprint density at radius 1 is 1.06 bits per heavy atom. The molecule has 3 rings (SSSR count). The zero-order valence-corrected chi connectivity index (χ0v) is 11.8. The van der Waals surface area contributed by atoms with Crippen molar-refractivity contribution in [1.29, 1.82) is 0 Å². The second-order valence-corrected chi connectivity index (χ2v) is 6.83. The van der Waals surface area contributed by atoms with Gasteiger partial charge >= 0.3 is 0 Å². The maximum atomic E-state index is 6.52. The van der Waals surface area contributed by atoms with Gasteiger partial charge in [0.05, 0.1) is 10.0 Å². The molecule has 2 aliphatic carbocycles. The van der Waals surface area contributed by atoms with Crippen molar-refractivity contribution in [3.8, 4) is 0 Å². The van der Waals surface area contributed by atoms with Gasteiger partial charge in [0, 0.05) is 5.38 Å². The summed E-state index contributed by atoms with van der Waals surface area (Å²) in [4.78, 5) is 0. The number of hydrogen-bond acceptors (Lipinski definition) is 0. The van der Waals surface area contributed by atoms with Gasteiger partial charge in [0.15, 0.2) is 0 Å². The van der Waals surface area contributed by atoms with E-state index in [1.807, 2.05) is 18.2 Å². The number of alkyl halides is 1. The largest absolute Gasteiger partial charge is 0.122 e. The van der Waals surface area contributed by atoms with Gasteiger partial charge in [0.2, 0.25) is 0 Å². The fourth-order valence-corrected chi connectivity index (χ4v) is 3.82. The molecule has 0 saturated heterocycles. The van der Waals surface area contributed by atoms with Gasteiger partial charge < -0.3 is 0 Å². The van der Waals surface area contributed by atoms with Crippen molar-refractivity contribution in [3.05, 3.63) is 33.8 Å². The van der Waals surface area contributed by atoms with Crippen molar-refractivity contribution in [2.24, 2.45) is 17.8 Å². The summed E-state index contributed by atoms with van der Waals surface area (Å²) in [7, 11) is 0. The van der Waals surface area contributed by atoms with Crippen molar-refractivity contribution < 1.29 is 0 Å². The summed E-state index contributed by atoms with van der Waals surface area (Å²) in [6, 6.07) is 5.82. The van der Waals surface area contributed by atoms with E-state index in [1.54, 1.807) is 0 Å². The first kappa shape index (κ1) is 12.1. The van der Waals surface area contributed by atoms with Crippen LogP contribution < -0.4 is 0 Å². The number of benzene rings is 1. The summed E-state index contributed by atoms with van der Waals surface area (Å²) in [6.07, 6.45) is 5.02. The highest BCUT2D eigenvalue weighted by atomic mass is 35.5. The third kappa shape index (κ3) is 2.59. The van der Waals surface area contributed by atoms with Gasteiger partial charge in [-0.2, -0.15) is 0 Å². The number of hydrogen-bond donors (Lipinski definition) is 0. The molecule has 3 unspecified atom stereocenters. The third-order valence-electron chi connectivity index (χ3n) is 4.21. The molecule has 0 amide bonds. The van der Waals surface area contributed by atoms with E-state index in [0.717, 1.165) is 18.3 Å². The lowest BCUT2D eigenvalue weighted by Gasteiger charge is -2.18. The lowest BCUT2D eigenvalue weighted by atomic mass is 9.94. The molecule has 3 heteroatoms. The van der Waals surface area contributed by atoms with Crippen LogP contribution in [0.15, 0.2) is 18.2 Å². The van der Waals surface area contributed by atoms with Gasteiger partial charge in [-0.3, -0.25) is 0 Å². The Morgan fingerprint density at radius 3 is 2.41 bits per heavy atom. The molecule has 2 aliphatic rings. The number of halogens is 3. The van der Waals surface area contributed by atoms with Crippen LogP contribution in [0.4, 0.5) is 0 Å². The van der Waals surface area contributed by atoms with E-state index in [0.29, 0.717) is 16.0 Å². The number of rotatable bonds is 3. The van der Waals surface area contributed by atoms with E-state index in [4.69, 9.17) is 34.8 Å². The van der Waals surface area contributed by atoms with E-state index in [1.165, 1.54) is 24.8 Å². The minimum Gasteiger partial charge on any atom is -0.122 e. The maximum absolute atomic E-state index is 6.52. The zero-order valence-electron chi connectivity index (χ0n) is 9.50. The summed E-state index contributed by atoms with van der Waals surface area (Å²) in [5, 5.41) is 1.49. The van der Waals surface area contributed by atoms with Crippen LogP contribution in [0.5, 0.6) is 0 Å². The molecule has 3 atom stereocenters. The van der Waals surface area contributed by atoms with Crippen LogP contribution in [0.2, 0.25) is 10.0 Å². The van der Waals surface area contributed by atoms with Gasteiger partial charge in [-0.1, -0.05) is 29.3 Å². The standard InChI is InChI=1S/C14H15Cl3/c15-12-2-1-8(4-14(12)17)3-13(16)11-6-9-5-10(9)7-11/h1-2,4,9-11,13H,3,5-7H2. The molecule has 0 bridgehead atoms. The summed E-state index contributed by atoms with van der Waals surface area (Å²) in [6.45, 7) is 0. The van der Waals surface area contributed by atoms with Gasteiger partial charge in [0.25, 0.3) is 0 Å². The van der Waals surface area contributed by atoms with Crippen LogP contribution in [0.3, 0.4) is 0 Å². The first-order valence-corrected chi connectivity index (χ1v) is 7.40. The van der Waals surface area contributed by atoms with Crippen molar-refractivity contribution >= 4 is 34.8 Å². The highest BCUT2D eigenvalue weighted by Crippen LogP contribution is 2.56. The normalized spacial score (nSPS) is 32.3. The summed E-state index contributed by atoms with van der Waals surface area (Å²) in [5.74, 6) is 2.69. The minimum atomic E-state index is 0.250. The monoisotopic (exact) mass is 288 g/mol. The van der Waals surface area contributed by atoms with E-state index in [-0.39, 0.29) is 5.38 Å². The van der Waals surface area contributed by atoms with E-state index >= 15 is 0 Å². The van der Waals surface area contributed by atoms with E-state index in [9.17, 15) is 0 Å². The Hall–Kier alpha value is 0.0900. The zero-order chi connectivity index (χ0) is 12.0.